The highest BCUT2D eigenvalue weighted by molar-refractivity contribution is 5.98. The lowest BCUT2D eigenvalue weighted by Crippen LogP contribution is -1.95. The van der Waals surface area contributed by atoms with Crippen LogP contribution in [-0.4, -0.2) is 16.5 Å². The van der Waals surface area contributed by atoms with Crippen molar-refractivity contribution in [3.63, 3.8) is 0 Å². The van der Waals surface area contributed by atoms with Crippen LogP contribution in [0, 0.1) is 0 Å². The number of aromatic nitrogens is 1. The van der Waals surface area contributed by atoms with Gasteiger partial charge in [-0.15, -0.1) is 0 Å². The minimum absolute atomic E-state index is 0.0394. The second-order valence-corrected chi connectivity index (χ2v) is 2.79. The van der Waals surface area contributed by atoms with Crippen LogP contribution < -0.4 is 5.32 Å². The largest absolute Gasteiger partial charge is 0.506 e. The summed E-state index contributed by atoms with van der Waals surface area (Å²) in [4.78, 5) is 14.4. The maximum absolute atomic E-state index is 10.3. The molecule has 0 aliphatic carbocycles. The van der Waals surface area contributed by atoms with Gasteiger partial charge in [0.1, 0.15) is 5.75 Å². The van der Waals surface area contributed by atoms with Gasteiger partial charge in [-0.25, -0.2) is 0 Å². The number of hydrogen-bond acceptors (Lipinski definition) is 3. The van der Waals surface area contributed by atoms with E-state index in [0.29, 0.717) is 12.1 Å². The molecule has 0 atom stereocenters. The molecule has 0 saturated carbocycles. The topological polar surface area (TPSA) is 62.2 Å². The highest BCUT2D eigenvalue weighted by Crippen LogP contribution is 2.30. The summed E-state index contributed by atoms with van der Waals surface area (Å²) in [5.74, 6) is 0.0394. The monoisotopic (exact) mass is 188 g/mol. The van der Waals surface area contributed by atoms with Crippen molar-refractivity contribution in [1.82, 2.24) is 4.98 Å². The fourth-order valence-electron chi connectivity index (χ4n) is 1.35. The summed E-state index contributed by atoms with van der Waals surface area (Å²) in [6.07, 6.45) is 2.19. The van der Waals surface area contributed by atoms with Gasteiger partial charge in [-0.05, 0) is 24.3 Å². The second kappa shape index (κ2) is 3.33. The Labute approximate surface area is 80.2 Å². The number of nitrogens with one attached hydrogen (secondary N) is 1. The smallest absolute Gasteiger partial charge is 0.211 e. The molecule has 2 aromatic rings. The van der Waals surface area contributed by atoms with Gasteiger partial charge in [-0.3, -0.25) is 9.78 Å². The standard InChI is InChI=1S/C10H8N2O2/c13-6-12-10-7-2-1-5-11-8(7)3-4-9(10)14/h1-6,14H,(H,12,13). The van der Waals surface area contributed by atoms with Crippen LogP contribution in [0.2, 0.25) is 0 Å². The molecule has 1 heterocycles. The first-order valence-electron chi connectivity index (χ1n) is 4.10. The number of anilines is 1. The zero-order valence-corrected chi connectivity index (χ0v) is 7.27. The number of hydrogen-bond donors (Lipinski definition) is 2. The Morgan fingerprint density at radius 2 is 2.21 bits per heavy atom. The zero-order valence-electron chi connectivity index (χ0n) is 7.27. The number of nitrogens with zero attached hydrogens (tertiary/aromatic N) is 1. The van der Waals surface area contributed by atoms with Crippen LogP contribution in [-0.2, 0) is 4.79 Å². The first-order valence-corrected chi connectivity index (χ1v) is 4.10. The van der Waals surface area contributed by atoms with E-state index in [1.54, 1.807) is 24.4 Å². The molecule has 14 heavy (non-hydrogen) atoms. The van der Waals surface area contributed by atoms with Crippen LogP contribution in [0.3, 0.4) is 0 Å². The molecule has 0 spiro atoms. The van der Waals surface area contributed by atoms with Crippen LogP contribution in [0.5, 0.6) is 5.75 Å². The Bertz CT molecular complexity index is 483. The van der Waals surface area contributed by atoms with Crippen molar-refractivity contribution in [3.05, 3.63) is 30.5 Å². The van der Waals surface area contributed by atoms with Gasteiger partial charge >= 0.3 is 0 Å². The summed E-state index contributed by atoms with van der Waals surface area (Å²) in [7, 11) is 0. The van der Waals surface area contributed by atoms with Crippen LogP contribution in [0.25, 0.3) is 10.9 Å². The van der Waals surface area contributed by atoms with Crippen LogP contribution >= 0.6 is 0 Å². The predicted molar refractivity (Wildman–Crippen MR) is 53.1 cm³/mol. The van der Waals surface area contributed by atoms with Crippen molar-refractivity contribution < 1.29 is 9.90 Å². The van der Waals surface area contributed by atoms with E-state index in [4.69, 9.17) is 0 Å². The number of rotatable bonds is 2. The second-order valence-electron chi connectivity index (χ2n) is 2.79. The third-order valence-corrected chi connectivity index (χ3v) is 1.97. The molecular formula is C10H8N2O2. The van der Waals surface area contributed by atoms with Gasteiger partial charge in [0, 0.05) is 11.6 Å². The average Bonchev–Trinajstić information content (AvgIpc) is 2.23. The van der Waals surface area contributed by atoms with Crippen LogP contribution in [0.4, 0.5) is 5.69 Å². The number of fused-ring (bicyclic) bond motifs is 1. The summed E-state index contributed by atoms with van der Waals surface area (Å²) in [6, 6.07) is 6.73. The molecule has 70 valence electrons. The molecule has 0 fully saturated rings. The van der Waals surface area contributed by atoms with Gasteiger partial charge in [0.05, 0.1) is 11.2 Å². The first kappa shape index (κ1) is 8.50. The summed E-state index contributed by atoms with van der Waals surface area (Å²) < 4.78 is 0. The van der Waals surface area contributed by atoms with Crippen molar-refractivity contribution in [2.45, 2.75) is 0 Å². The normalized spacial score (nSPS) is 10.0. The molecule has 2 rings (SSSR count). The third kappa shape index (κ3) is 1.26. The van der Waals surface area contributed by atoms with Gasteiger partial charge in [-0.1, -0.05) is 0 Å². The van der Waals surface area contributed by atoms with Crippen molar-refractivity contribution in [2.24, 2.45) is 0 Å². The van der Waals surface area contributed by atoms with Crippen LogP contribution in [0.15, 0.2) is 30.5 Å². The van der Waals surface area contributed by atoms with E-state index in [0.717, 1.165) is 10.9 Å². The van der Waals surface area contributed by atoms with Crippen molar-refractivity contribution in [1.29, 1.82) is 0 Å². The molecular weight excluding hydrogens is 180 g/mol. The Balaban J connectivity index is 2.75. The van der Waals surface area contributed by atoms with E-state index < -0.39 is 0 Å². The van der Waals surface area contributed by atoms with Crippen molar-refractivity contribution in [2.75, 3.05) is 5.32 Å². The number of carbonyl (C=O) groups excluding carboxylic acids is 1. The lowest BCUT2D eigenvalue weighted by atomic mass is 10.1. The van der Waals surface area contributed by atoms with Gasteiger partial charge in [0.2, 0.25) is 6.41 Å². The fraction of sp³-hybridized carbons (Fsp3) is 0. The Kier molecular flexibility index (Phi) is 2.02. The van der Waals surface area contributed by atoms with Gasteiger partial charge in [-0.2, -0.15) is 0 Å². The van der Waals surface area contributed by atoms with E-state index in [-0.39, 0.29) is 5.75 Å². The van der Waals surface area contributed by atoms with E-state index in [1.807, 2.05) is 0 Å². The summed E-state index contributed by atoms with van der Waals surface area (Å²) in [6.45, 7) is 0. The van der Waals surface area contributed by atoms with Gasteiger partial charge in [0.15, 0.2) is 0 Å². The van der Waals surface area contributed by atoms with E-state index >= 15 is 0 Å². The van der Waals surface area contributed by atoms with Crippen molar-refractivity contribution in [3.8, 4) is 5.75 Å². The fourth-order valence-corrected chi connectivity index (χ4v) is 1.35. The zero-order chi connectivity index (χ0) is 9.97. The molecule has 4 heteroatoms. The van der Waals surface area contributed by atoms with Crippen LogP contribution in [0.1, 0.15) is 0 Å². The summed E-state index contributed by atoms with van der Waals surface area (Å²) in [5.41, 5.74) is 1.13. The summed E-state index contributed by atoms with van der Waals surface area (Å²) >= 11 is 0. The molecule has 1 amide bonds. The van der Waals surface area contributed by atoms with E-state index in [2.05, 4.69) is 10.3 Å². The molecule has 1 aromatic carbocycles. The number of amides is 1. The van der Waals surface area contributed by atoms with E-state index in [1.165, 1.54) is 6.07 Å². The number of pyridine rings is 1. The quantitative estimate of drug-likeness (QED) is 0.554. The maximum atomic E-state index is 10.3. The molecule has 0 radical (unpaired) electrons. The average molecular weight is 188 g/mol. The summed E-state index contributed by atoms with van der Waals surface area (Å²) in [5, 5.41) is 12.7. The molecule has 0 saturated heterocycles. The lowest BCUT2D eigenvalue weighted by molar-refractivity contribution is -0.105. The van der Waals surface area contributed by atoms with E-state index in [9.17, 15) is 9.90 Å². The number of benzene rings is 1. The molecule has 0 unspecified atom stereocenters. The van der Waals surface area contributed by atoms with Gasteiger partial charge < -0.3 is 10.4 Å². The molecule has 4 nitrogen and oxygen atoms in total. The number of phenols is 1. The minimum Gasteiger partial charge on any atom is -0.506 e. The minimum atomic E-state index is 0.0394. The SMILES string of the molecule is O=CNc1c(O)ccc2ncccc12. The number of aromatic hydroxyl groups is 1. The molecule has 0 aliphatic rings. The Hall–Kier alpha value is -2.10. The predicted octanol–water partition coefficient (Wildman–Crippen LogP) is 1.51. The highest BCUT2D eigenvalue weighted by Gasteiger charge is 2.05. The maximum Gasteiger partial charge on any atom is 0.211 e. The third-order valence-electron chi connectivity index (χ3n) is 1.97. The molecule has 0 aliphatic heterocycles. The Morgan fingerprint density at radius 1 is 1.36 bits per heavy atom. The number of phenolic OH excluding ortho intramolecular Hbond substituents is 1. The first-order chi connectivity index (χ1) is 6.83. The van der Waals surface area contributed by atoms with Crippen molar-refractivity contribution >= 4 is 23.0 Å². The molecule has 2 N–H and O–H groups in total. The Morgan fingerprint density at radius 3 is 3.00 bits per heavy atom. The highest BCUT2D eigenvalue weighted by atomic mass is 16.3. The molecule has 1 aromatic heterocycles. The number of carbonyl (C=O) groups is 1. The lowest BCUT2D eigenvalue weighted by Gasteiger charge is -2.05. The molecule has 0 bridgehead atoms. The van der Waals surface area contributed by atoms with Gasteiger partial charge in [0.25, 0.3) is 0 Å².